The number of imidazole rings is 1. The maximum atomic E-state index is 14.3. The van der Waals surface area contributed by atoms with Crippen LogP contribution in [0.1, 0.15) is 76.1 Å². The van der Waals surface area contributed by atoms with E-state index in [-0.39, 0.29) is 54.9 Å². The van der Waals surface area contributed by atoms with Gasteiger partial charge < -0.3 is 29.9 Å². The number of piperidine rings is 2. The Kier molecular flexibility index (Phi) is 11.7. The molecule has 3 N–H and O–H groups in total. The van der Waals surface area contributed by atoms with Crippen LogP contribution in [0.4, 0.5) is 0 Å². The minimum Gasteiger partial charge on any atom is -0.370 e. The van der Waals surface area contributed by atoms with Crippen LogP contribution in [-0.2, 0) is 46.9 Å². The van der Waals surface area contributed by atoms with Crippen molar-refractivity contribution in [2.75, 3.05) is 45.9 Å². The fraction of sp³-hybridized carbons (Fsp3) is 0.571. The molecule has 0 saturated carbocycles. The van der Waals surface area contributed by atoms with E-state index in [0.717, 1.165) is 35.9 Å². The van der Waals surface area contributed by atoms with Crippen LogP contribution in [0.15, 0.2) is 53.3 Å². The summed E-state index contributed by atoms with van der Waals surface area (Å²) >= 11 is 0. The number of aromatic nitrogens is 2. The maximum absolute atomic E-state index is 14.3. The van der Waals surface area contributed by atoms with Crippen molar-refractivity contribution in [2.24, 2.45) is 24.1 Å². The summed E-state index contributed by atoms with van der Waals surface area (Å²) in [5.74, 6) is -1.16. The molecule has 5 amide bonds. The molecule has 57 heavy (non-hydrogen) atoms. The Morgan fingerprint density at radius 2 is 1.67 bits per heavy atom. The minimum atomic E-state index is -0.906. The molecule has 0 aliphatic carbocycles. The summed E-state index contributed by atoms with van der Waals surface area (Å²) in [5.41, 5.74) is 9.03. The lowest BCUT2D eigenvalue weighted by Crippen LogP contribution is -2.59. The summed E-state index contributed by atoms with van der Waals surface area (Å²) in [5, 5.41) is 2.35. The van der Waals surface area contributed by atoms with Crippen molar-refractivity contribution >= 4 is 40.6 Å². The third-order valence-electron chi connectivity index (χ3n) is 12.2. The van der Waals surface area contributed by atoms with Gasteiger partial charge in [-0.15, -0.1) is 0 Å². The number of imide groups is 1. The number of nitrogens with two attached hydrogens (primary N) is 1. The number of aryl methyl sites for hydroxylation is 1. The summed E-state index contributed by atoms with van der Waals surface area (Å²) in [6.07, 6.45) is 2.26. The number of rotatable bonds is 9. The van der Waals surface area contributed by atoms with Gasteiger partial charge in [-0.05, 0) is 66.7 Å². The lowest BCUT2D eigenvalue weighted by molar-refractivity contribution is -0.156. The molecule has 15 nitrogen and oxygen atoms in total. The predicted molar refractivity (Wildman–Crippen MR) is 211 cm³/mol. The smallest absolute Gasteiger partial charge is 0.329 e. The molecule has 1 unspecified atom stereocenters. The largest absolute Gasteiger partial charge is 0.370 e. The first-order valence-corrected chi connectivity index (χ1v) is 20.2. The second-order valence-electron chi connectivity index (χ2n) is 17.0. The Labute approximate surface area is 332 Å². The van der Waals surface area contributed by atoms with E-state index in [4.69, 9.17) is 15.2 Å². The summed E-state index contributed by atoms with van der Waals surface area (Å²) in [6.45, 7) is 8.01. The molecule has 0 spiro atoms. The molecule has 4 aliphatic heterocycles. The molecule has 4 fully saturated rings. The number of nitrogens with zero attached hydrogens (tertiary/aromatic N) is 5. The second-order valence-corrected chi connectivity index (χ2v) is 17.0. The Morgan fingerprint density at radius 3 is 2.37 bits per heavy atom. The molecular formula is C42H55N7O8. The average Bonchev–Trinajstić information content (AvgIpc) is 3.74. The highest BCUT2D eigenvalue weighted by Crippen LogP contribution is 2.31. The first-order chi connectivity index (χ1) is 27.2. The summed E-state index contributed by atoms with van der Waals surface area (Å²) in [4.78, 5) is 84.3. The van der Waals surface area contributed by atoms with Crippen molar-refractivity contribution in [1.82, 2.24) is 29.2 Å². The molecule has 4 saturated heterocycles. The fourth-order valence-electron chi connectivity index (χ4n) is 8.69. The van der Waals surface area contributed by atoms with Gasteiger partial charge in [0.05, 0.1) is 36.3 Å². The lowest BCUT2D eigenvalue weighted by Gasteiger charge is -2.39. The highest BCUT2D eigenvalue weighted by Gasteiger charge is 2.48. The first-order valence-electron chi connectivity index (χ1n) is 20.2. The van der Waals surface area contributed by atoms with Gasteiger partial charge in [0.1, 0.15) is 24.8 Å². The number of hydrogen-bond acceptors (Lipinski definition) is 9. The average molecular weight is 786 g/mol. The van der Waals surface area contributed by atoms with E-state index < -0.39 is 35.6 Å². The number of benzene rings is 2. The molecule has 0 radical (unpaired) electrons. The third-order valence-corrected chi connectivity index (χ3v) is 12.2. The molecule has 3 aromatic rings. The first kappa shape index (κ1) is 40.3. The topological polar surface area (TPSA) is 179 Å². The van der Waals surface area contributed by atoms with Crippen LogP contribution < -0.4 is 16.7 Å². The van der Waals surface area contributed by atoms with Gasteiger partial charge in [-0.25, -0.2) is 4.79 Å². The van der Waals surface area contributed by atoms with Crippen molar-refractivity contribution in [1.29, 1.82) is 0 Å². The lowest BCUT2D eigenvalue weighted by atomic mass is 9.86. The molecule has 7 rings (SSSR count). The minimum absolute atomic E-state index is 0.155. The predicted octanol–water partition coefficient (Wildman–Crippen LogP) is 2.06. The number of carbonyl (C=O) groups is 5. The molecule has 4 aliphatic rings. The summed E-state index contributed by atoms with van der Waals surface area (Å²) in [7, 11) is 1.69. The van der Waals surface area contributed by atoms with Crippen LogP contribution in [0.3, 0.4) is 0 Å². The molecule has 1 aromatic heterocycles. The molecule has 306 valence electrons. The van der Waals surface area contributed by atoms with Crippen molar-refractivity contribution in [3.05, 3.63) is 70.1 Å². The zero-order valence-corrected chi connectivity index (χ0v) is 33.4. The Hall–Kier alpha value is -4.86. The Bertz CT molecular complexity index is 2060. The van der Waals surface area contributed by atoms with Gasteiger partial charge >= 0.3 is 5.69 Å². The number of nitrogens with one attached hydrogen (secondary N) is 1. The number of fused-ring (bicyclic) bond motifs is 1. The van der Waals surface area contributed by atoms with Crippen molar-refractivity contribution in [3.63, 3.8) is 0 Å². The summed E-state index contributed by atoms with van der Waals surface area (Å²) < 4.78 is 15.3. The van der Waals surface area contributed by atoms with Gasteiger partial charge in [0.2, 0.25) is 29.5 Å². The van der Waals surface area contributed by atoms with E-state index in [0.29, 0.717) is 57.2 Å². The van der Waals surface area contributed by atoms with Gasteiger partial charge in [-0.2, -0.15) is 0 Å². The highest BCUT2D eigenvalue weighted by molar-refractivity contribution is 6.00. The monoisotopic (exact) mass is 785 g/mol. The van der Waals surface area contributed by atoms with Gasteiger partial charge in [0.15, 0.2) is 0 Å². The van der Waals surface area contributed by atoms with Crippen molar-refractivity contribution in [3.8, 4) is 0 Å². The molecular weight excluding hydrogens is 731 g/mol. The van der Waals surface area contributed by atoms with E-state index in [1.807, 2.05) is 69.3 Å². The zero-order chi connectivity index (χ0) is 40.6. The molecule has 5 atom stereocenters. The number of amides is 5. The van der Waals surface area contributed by atoms with Crippen LogP contribution in [-0.4, -0.2) is 117 Å². The van der Waals surface area contributed by atoms with Gasteiger partial charge in [-0.3, -0.25) is 38.4 Å². The van der Waals surface area contributed by atoms with Gasteiger partial charge in [0, 0.05) is 39.6 Å². The normalized spacial score (nSPS) is 24.2. The highest BCUT2D eigenvalue weighted by atomic mass is 16.5. The number of carbonyl (C=O) groups excluding carboxylic acids is 5. The second kappa shape index (κ2) is 16.5. The molecule has 0 bridgehead atoms. The van der Waals surface area contributed by atoms with Crippen LogP contribution >= 0.6 is 0 Å². The third kappa shape index (κ3) is 8.42. The van der Waals surface area contributed by atoms with Gasteiger partial charge in [-0.1, -0.05) is 57.2 Å². The van der Waals surface area contributed by atoms with Crippen molar-refractivity contribution < 1.29 is 33.4 Å². The van der Waals surface area contributed by atoms with E-state index >= 15 is 0 Å². The molecule has 5 heterocycles. The standard InChI is InChI=1S/C42H55N7O8/c1-42(2,3)37(43)40(54)48-19-16-32(36(48)39(53)47-20-21-56-33(24-47)28-8-6-5-7-9-28)57-25-35(51)46-17-14-26(15-18-46)22-27-10-11-29-31(23-27)45(4)41(55)49(29)30-12-13-34(50)44-38(30)52/h5-11,23,26,30,32-33,36-37H,12-22,24-25,43H2,1-4H3,(H,44,50,52)/t30?,32-,33+,36+,37-/m1/s1. The Balaban J connectivity index is 0.968. The quantitative estimate of drug-likeness (QED) is 0.308. The molecule has 2 aromatic carbocycles. The van der Waals surface area contributed by atoms with E-state index in [1.165, 1.54) is 4.57 Å². The number of hydrogen-bond donors (Lipinski definition) is 2. The van der Waals surface area contributed by atoms with Gasteiger partial charge in [0.25, 0.3) is 0 Å². The van der Waals surface area contributed by atoms with Crippen molar-refractivity contribution in [2.45, 2.75) is 89.6 Å². The Morgan fingerprint density at radius 1 is 0.930 bits per heavy atom. The number of morpholine rings is 1. The van der Waals surface area contributed by atoms with Crippen LogP contribution in [0.25, 0.3) is 11.0 Å². The fourth-order valence-corrected chi connectivity index (χ4v) is 8.69. The SMILES string of the molecule is Cn1c(=O)n(C2CCC(=O)NC2=O)c2ccc(CC3CCN(C(=O)CO[C@@H]4CCN(C(=O)[C@@H](N)C(C)(C)C)[C@@H]4C(=O)N4CCO[C@H](c5ccccc5)C4)CC3)cc21. The van der Waals surface area contributed by atoms with E-state index in [2.05, 4.69) is 5.32 Å². The zero-order valence-electron chi connectivity index (χ0n) is 33.4. The maximum Gasteiger partial charge on any atom is 0.329 e. The van der Waals surface area contributed by atoms with Crippen LogP contribution in [0.2, 0.25) is 0 Å². The van der Waals surface area contributed by atoms with Crippen LogP contribution in [0.5, 0.6) is 0 Å². The number of ether oxygens (including phenoxy) is 2. The number of likely N-dealkylation sites (tertiary alicyclic amines) is 2. The van der Waals surface area contributed by atoms with Crippen LogP contribution in [0, 0.1) is 11.3 Å². The summed E-state index contributed by atoms with van der Waals surface area (Å²) in [6, 6.07) is 13.1. The van der Waals surface area contributed by atoms with E-state index in [1.54, 1.807) is 26.3 Å². The molecule has 15 heteroatoms. The van der Waals surface area contributed by atoms with E-state index in [9.17, 15) is 28.8 Å².